The van der Waals surface area contributed by atoms with Crippen LogP contribution in [-0.4, -0.2) is 23.3 Å². The number of nitrogens with zero attached hydrogens (tertiary/aromatic N) is 1. The molecule has 1 aromatic heterocycles. The number of halogens is 1. The van der Waals surface area contributed by atoms with Crippen LogP contribution in [0.2, 0.25) is 0 Å². The van der Waals surface area contributed by atoms with E-state index in [1.807, 2.05) is 0 Å². The Hall–Kier alpha value is -3.01. The molecule has 5 nitrogen and oxygen atoms in total. The Kier molecular flexibility index (Phi) is 6.17. The van der Waals surface area contributed by atoms with Gasteiger partial charge in [0.1, 0.15) is 10.7 Å². The van der Waals surface area contributed by atoms with Crippen molar-refractivity contribution in [1.82, 2.24) is 0 Å². The zero-order valence-electron chi connectivity index (χ0n) is 16.0. The maximum Gasteiger partial charge on any atom is 0.353 e. The first-order valence-corrected chi connectivity index (χ1v) is 11.0. The minimum Gasteiger partial charge on any atom is -0.493 e. The molecule has 4 rings (SSSR count). The third kappa shape index (κ3) is 4.53. The van der Waals surface area contributed by atoms with E-state index in [1.165, 1.54) is 41.5 Å². The molecule has 9 heteroatoms. The molecule has 0 unspecified atom stereocenters. The summed E-state index contributed by atoms with van der Waals surface area (Å²) in [6.07, 6.45) is 1.66. The van der Waals surface area contributed by atoms with Crippen LogP contribution in [0.1, 0.15) is 15.2 Å². The smallest absolute Gasteiger partial charge is 0.353 e. The van der Waals surface area contributed by atoms with Gasteiger partial charge in [-0.25, -0.2) is 9.18 Å². The van der Waals surface area contributed by atoms with Gasteiger partial charge in [-0.05, 0) is 53.4 Å². The zero-order valence-corrected chi connectivity index (χ0v) is 18.5. The van der Waals surface area contributed by atoms with Crippen LogP contribution in [0.4, 0.5) is 10.1 Å². The van der Waals surface area contributed by atoms with Gasteiger partial charge in [0.15, 0.2) is 15.8 Å². The van der Waals surface area contributed by atoms with Gasteiger partial charge in [0, 0.05) is 0 Å². The molecule has 1 aliphatic heterocycles. The van der Waals surface area contributed by atoms with Gasteiger partial charge in [-0.1, -0.05) is 42.2 Å². The fourth-order valence-electron chi connectivity index (χ4n) is 2.86. The highest BCUT2D eigenvalue weighted by Gasteiger charge is 2.33. The molecule has 1 saturated heterocycles. The average molecular weight is 472 g/mol. The standard InChI is InChI=1S/C22H14FNO4S3/c1-27-17-10-13(7-8-16(17)28-21(26)18-6-3-9-30-18)11-19-20(25)24(22(29)31-19)15-5-2-4-14(23)12-15/h2-12H,1H3. The number of rotatable bonds is 5. The van der Waals surface area contributed by atoms with Crippen molar-refractivity contribution in [1.29, 1.82) is 0 Å². The first kappa shape index (κ1) is 21.2. The largest absolute Gasteiger partial charge is 0.493 e. The molecule has 2 heterocycles. The monoisotopic (exact) mass is 471 g/mol. The molecule has 31 heavy (non-hydrogen) atoms. The first-order chi connectivity index (χ1) is 15.0. The quantitative estimate of drug-likeness (QED) is 0.211. The van der Waals surface area contributed by atoms with Crippen molar-refractivity contribution in [2.75, 3.05) is 12.0 Å². The average Bonchev–Trinajstić information content (AvgIpc) is 3.38. The van der Waals surface area contributed by atoms with Crippen molar-refractivity contribution in [2.24, 2.45) is 0 Å². The molecule has 0 spiro atoms. The van der Waals surface area contributed by atoms with Gasteiger partial charge in [-0.3, -0.25) is 9.69 Å². The number of esters is 1. The molecule has 0 N–H and O–H groups in total. The molecule has 0 aliphatic carbocycles. The van der Waals surface area contributed by atoms with Gasteiger partial charge in [-0.2, -0.15) is 0 Å². The van der Waals surface area contributed by atoms with Crippen molar-refractivity contribution in [2.45, 2.75) is 0 Å². The number of thiophene rings is 1. The summed E-state index contributed by atoms with van der Waals surface area (Å²) in [6, 6.07) is 14.1. The number of methoxy groups -OCH3 is 1. The summed E-state index contributed by atoms with van der Waals surface area (Å²) in [4.78, 5) is 27.2. The Morgan fingerprint density at radius 3 is 2.68 bits per heavy atom. The number of hydrogen-bond acceptors (Lipinski definition) is 7. The van der Waals surface area contributed by atoms with Crippen LogP contribution in [0.25, 0.3) is 6.08 Å². The third-order valence-corrected chi connectivity index (χ3v) is 6.42. The van der Waals surface area contributed by atoms with Crippen LogP contribution in [0, 0.1) is 5.82 Å². The van der Waals surface area contributed by atoms with Crippen LogP contribution in [0.5, 0.6) is 11.5 Å². The summed E-state index contributed by atoms with van der Waals surface area (Å²) in [5, 5.41) is 1.79. The van der Waals surface area contributed by atoms with E-state index in [1.54, 1.807) is 47.9 Å². The summed E-state index contributed by atoms with van der Waals surface area (Å²) < 4.78 is 24.7. The first-order valence-electron chi connectivity index (χ1n) is 8.93. The number of carbonyl (C=O) groups excluding carboxylic acids is 2. The molecule has 3 aromatic rings. The number of anilines is 1. The van der Waals surface area contributed by atoms with E-state index in [0.717, 1.165) is 11.8 Å². The highest BCUT2D eigenvalue weighted by Crippen LogP contribution is 2.37. The number of thiocarbonyl (C=S) groups is 1. The van der Waals surface area contributed by atoms with Crippen molar-refractivity contribution in [3.05, 3.63) is 81.1 Å². The second-order valence-electron chi connectivity index (χ2n) is 6.27. The third-order valence-electron chi connectivity index (χ3n) is 4.27. The van der Waals surface area contributed by atoms with Gasteiger partial charge in [0.25, 0.3) is 5.91 Å². The summed E-state index contributed by atoms with van der Waals surface area (Å²) in [7, 11) is 1.46. The van der Waals surface area contributed by atoms with Crippen LogP contribution in [0.3, 0.4) is 0 Å². The lowest BCUT2D eigenvalue weighted by Gasteiger charge is -2.14. The summed E-state index contributed by atoms with van der Waals surface area (Å²) in [5.74, 6) is -0.651. The van der Waals surface area contributed by atoms with Crippen LogP contribution >= 0.6 is 35.3 Å². The van der Waals surface area contributed by atoms with E-state index in [0.29, 0.717) is 31.1 Å². The van der Waals surface area contributed by atoms with E-state index < -0.39 is 11.8 Å². The molecule has 1 fully saturated rings. The van der Waals surface area contributed by atoms with Crippen molar-refractivity contribution in [3.63, 3.8) is 0 Å². The Morgan fingerprint density at radius 2 is 1.97 bits per heavy atom. The van der Waals surface area contributed by atoms with Gasteiger partial charge >= 0.3 is 5.97 Å². The second kappa shape index (κ2) is 9.01. The number of thioether (sulfide) groups is 1. The van der Waals surface area contributed by atoms with Gasteiger partial charge < -0.3 is 9.47 Å². The van der Waals surface area contributed by atoms with E-state index in [2.05, 4.69) is 0 Å². The summed E-state index contributed by atoms with van der Waals surface area (Å²) >= 11 is 7.72. The molecule has 1 aliphatic rings. The van der Waals surface area contributed by atoms with E-state index in [9.17, 15) is 14.0 Å². The van der Waals surface area contributed by atoms with Crippen molar-refractivity contribution < 1.29 is 23.5 Å². The number of amides is 1. The van der Waals surface area contributed by atoms with E-state index >= 15 is 0 Å². The lowest BCUT2D eigenvalue weighted by molar-refractivity contribution is -0.113. The van der Waals surface area contributed by atoms with Gasteiger partial charge in [0.05, 0.1) is 17.7 Å². The Labute approximate surface area is 191 Å². The van der Waals surface area contributed by atoms with Crippen LogP contribution < -0.4 is 14.4 Å². The molecular weight excluding hydrogens is 457 g/mol. The molecule has 1 amide bonds. The number of hydrogen-bond donors (Lipinski definition) is 0. The topological polar surface area (TPSA) is 55.8 Å². The minimum atomic E-state index is -0.475. The van der Waals surface area contributed by atoms with E-state index in [4.69, 9.17) is 21.7 Å². The predicted molar refractivity (Wildman–Crippen MR) is 124 cm³/mol. The minimum absolute atomic E-state index is 0.269. The number of ether oxygens (including phenoxy) is 2. The van der Waals surface area contributed by atoms with Crippen molar-refractivity contribution >= 4 is 63.3 Å². The zero-order chi connectivity index (χ0) is 22.0. The molecule has 0 bridgehead atoms. The predicted octanol–water partition coefficient (Wildman–Crippen LogP) is 5.52. The lowest BCUT2D eigenvalue weighted by atomic mass is 10.1. The van der Waals surface area contributed by atoms with Crippen LogP contribution in [-0.2, 0) is 4.79 Å². The van der Waals surface area contributed by atoms with Crippen LogP contribution in [0.15, 0.2) is 64.9 Å². The fraction of sp³-hybridized carbons (Fsp3) is 0.0455. The molecule has 0 radical (unpaired) electrons. The van der Waals surface area contributed by atoms with Gasteiger partial charge in [-0.15, -0.1) is 11.3 Å². The molecular formula is C22H14FNO4S3. The Morgan fingerprint density at radius 1 is 1.13 bits per heavy atom. The Balaban J connectivity index is 1.58. The highest BCUT2D eigenvalue weighted by molar-refractivity contribution is 8.27. The normalized spacial score (nSPS) is 14.9. The number of carbonyl (C=O) groups is 2. The molecule has 156 valence electrons. The Bertz CT molecular complexity index is 1210. The fourth-order valence-corrected chi connectivity index (χ4v) is 4.76. The molecule has 0 atom stereocenters. The highest BCUT2D eigenvalue weighted by atomic mass is 32.2. The maximum absolute atomic E-state index is 13.6. The van der Waals surface area contributed by atoms with Gasteiger partial charge in [0.2, 0.25) is 0 Å². The second-order valence-corrected chi connectivity index (χ2v) is 8.90. The summed E-state index contributed by atoms with van der Waals surface area (Å²) in [5.41, 5.74) is 1.03. The van der Waals surface area contributed by atoms with Crippen molar-refractivity contribution in [3.8, 4) is 11.5 Å². The maximum atomic E-state index is 13.6. The number of benzene rings is 2. The summed E-state index contributed by atoms with van der Waals surface area (Å²) in [6.45, 7) is 0. The lowest BCUT2D eigenvalue weighted by Crippen LogP contribution is -2.27. The molecule has 0 saturated carbocycles. The molecule has 2 aromatic carbocycles. The van der Waals surface area contributed by atoms with E-state index in [-0.39, 0.29) is 11.7 Å². The SMILES string of the molecule is COc1cc(C=C2SC(=S)N(c3cccc(F)c3)C2=O)ccc1OC(=O)c1cccs1.